The maximum absolute atomic E-state index is 5.43. The summed E-state index contributed by atoms with van der Waals surface area (Å²) in [7, 11) is 0. The predicted octanol–water partition coefficient (Wildman–Crippen LogP) is 2.15. The summed E-state index contributed by atoms with van der Waals surface area (Å²) in [6.07, 6.45) is 0. The summed E-state index contributed by atoms with van der Waals surface area (Å²) in [4.78, 5) is 2.43. The quantitative estimate of drug-likeness (QED) is 0.748. The van der Waals surface area contributed by atoms with Crippen LogP contribution in [0.1, 0.15) is 30.5 Å². The standard InChI is InChI=1S/C15H24N2O/c1-3-17(4-2)8-7-16-10-13-5-6-14-11-18-12-15(14)9-13/h5-6,9,16H,3-4,7-8,10-12H2,1-2H3. The molecule has 1 N–H and O–H groups in total. The maximum atomic E-state index is 5.43. The first-order chi connectivity index (χ1) is 8.83. The topological polar surface area (TPSA) is 24.5 Å². The van der Waals surface area contributed by atoms with Crippen molar-refractivity contribution in [1.82, 2.24) is 10.2 Å². The molecule has 3 nitrogen and oxygen atoms in total. The summed E-state index contributed by atoms with van der Waals surface area (Å²) in [6, 6.07) is 6.68. The van der Waals surface area contributed by atoms with Crippen LogP contribution in [0.3, 0.4) is 0 Å². The van der Waals surface area contributed by atoms with Crippen molar-refractivity contribution >= 4 is 0 Å². The second kappa shape index (κ2) is 6.88. The largest absolute Gasteiger partial charge is 0.372 e. The third-order valence-corrected chi connectivity index (χ3v) is 3.61. The summed E-state index contributed by atoms with van der Waals surface area (Å²) in [5.41, 5.74) is 4.07. The number of nitrogens with zero attached hydrogens (tertiary/aromatic N) is 1. The Kier molecular flexibility index (Phi) is 5.17. The summed E-state index contributed by atoms with van der Waals surface area (Å²) in [5, 5.41) is 3.51. The highest BCUT2D eigenvalue weighted by Crippen LogP contribution is 2.20. The van der Waals surface area contributed by atoms with Crippen LogP contribution in [0.25, 0.3) is 0 Å². The van der Waals surface area contributed by atoms with E-state index in [0.717, 1.165) is 45.9 Å². The first kappa shape index (κ1) is 13.5. The Labute approximate surface area is 110 Å². The van der Waals surface area contributed by atoms with Crippen LogP contribution in [0.4, 0.5) is 0 Å². The summed E-state index contributed by atoms with van der Waals surface area (Å²) >= 11 is 0. The van der Waals surface area contributed by atoms with E-state index in [1.54, 1.807) is 0 Å². The lowest BCUT2D eigenvalue weighted by molar-refractivity contribution is 0.134. The number of hydrogen-bond acceptors (Lipinski definition) is 3. The molecule has 0 bridgehead atoms. The summed E-state index contributed by atoms with van der Waals surface area (Å²) < 4.78 is 5.43. The van der Waals surface area contributed by atoms with Gasteiger partial charge in [0.25, 0.3) is 0 Å². The minimum Gasteiger partial charge on any atom is -0.372 e. The van der Waals surface area contributed by atoms with Crippen molar-refractivity contribution in [3.05, 3.63) is 34.9 Å². The van der Waals surface area contributed by atoms with Crippen molar-refractivity contribution in [2.24, 2.45) is 0 Å². The van der Waals surface area contributed by atoms with Crippen LogP contribution in [-0.2, 0) is 24.5 Å². The smallest absolute Gasteiger partial charge is 0.0725 e. The lowest BCUT2D eigenvalue weighted by atomic mass is 10.1. The molecule has 1 aliphatic rings. The van der Waals surface area contributed by atoms with Gasteiger partial charge in [-0.25, -0.2) is 0 Å². The highest BCUT2D eigenvalue weighted by atomic mass is 16.5. The number of nitrogens with one attached hydrogen (secondary N) is 1. The van der Waals surface area contributed by atoms with Crippen LogP contribution in [0.5, 0.6) is 0 Å². The van der Waals surface area contributed by atoms with Gasteiger partial charge in [0.05, 0.1) is 13.2 Å². The van der Waals surface area contributed by atoms with Crippen molar-refractivity contribution in [1.29, 1.82) is 0 Å². The van der Waals surface area contributed by atoms with Crippen molar-refractivity contribution in [2.75, 3.05) is 26.2 Å². The fourth-order valence-electron chi connectivity index (χ4n) is 2.35. The van der Waals surface area contributed by atoms with E-state index in [4.69, 9.17) is 4.74 Å². The van der Waals surface area contributed by atoms with E-state index >= 15 is 0 Å². The molecule has 0 fully saturated rings. The molecule has 0 atom stereocenters. The Morgan fingerprint density at radius 3 is 2.72 bits per heavy atom. The van der Waals surface area contributed by atoms with Crippen molar-refractivity contribution < 1.29 is 4.74 Å². The van der Waals surface area contributed by atoms with Gasteiger partial charge in [0.2, 0.25) is 0 Å². The fourth-order valence-corrected chi connectivity index (χ4v) is 2.35. The van der Waals surface area contributed by atoms with Crippen molar-refractivity contribution in [3.8, 4) is 0 Å². The molecule has 0 spiro atoms. The van der Waals surface area contributed by atoms with Gasteiger partial charge in [-0.15, -0.1) is 0 Å². The van der Waals surface area contributed by atoms with Crippen molar-refractivity contribution in [3.63, 3.8) is 0 Å². The van der Waals surface area contributed by atoms with Gasteiger partial charge >= 0.3 is 0 Å². The Morgan fingerprint density at radius 1 is 1.17 bits per heavy atom. The SMILES string of the molecule is CCN(CC)CCNCc1ccc2c(c1)COC2. The third kappa shape index (κ3) is 3.55. The van der Waals surface area contributed by atoms with Gasteiger partial charge in [0.15, 0.2) is 0 Å². The molecular weight excluding hydrogens is 224 g/mol. The second-order valence-corrected chi connectivity index (χ2v) is 4.80. The van der Waals surface area contributed by atoms with Crippen LogP contribution < -0.4 is 5.32 Å². The number of benzene rings is 1. The van der Waals surface area contributed by atoms with Crippen LogP contribution in [0.15, 0.2) is 18.2 Å². The van der Waals surface area contributed by atoms with Crippen LogP contribution >= 0.6 is 0 Å². The minimum atomic E-state index is 0.780. The molecule has 1 aliphatic heterocycles. The predicted molar refractivity (Wildman–Crippen MR) is 74.4 cm³/mol. The fraction of sp³-hybridized carbons (Fsp3) is 0.600. The van der Waals surface area contributed by atoms with E-state index in [1.165, 1.54) is 16.7 Å². The number of hydrogen-bond donors (Lipinski definition) is 1. The first-order valence-electron chi connectivity index (χ1n) is 6.95. The lowest BCUT2D eigenvalue weighted by Crippen LogP contribution is -2.31. The average Bonchev–Trinajstić information content (AvgIpc) is 2.86. The third-order valence-electron chi connectivity index (χ3n) is 3.61. The molecule has 1 aromatic rings. The molecule has 3 heteroatoms. The maximum Gasteiger partial charge on any atom is 0.0725 e. The normalized spacial score (nSPS) is 14.2. The van der Waals surface area contributed by atoms with Crippen molar-refractivity contribution in [2.45, 2.75) is 33.6 Å². The minimum absolute atomic E-state index is 0.780. The van der Waals surface area contributed by atoms with Gasteiger partial charge in [-0.1, -0.05) is 32.0 Å². The van der Waals surface area contributed by atoms with E-state index in [2.05, 4.69) is 42.3 Å². The summed E-state index contributed by atoms with van der Waals surface area (Å²) in [5.74, 6) is 0. The van der Waals surface area contributed by atoms with E-state index in [9.17, 15) is 0 Å². The Hall–Kier alpha value is -0.900. The Morgan fingerprint density at radius 2 is 1.94 bits per heavy atom. The van der Waals surface area contributed by atoms with Crippen LogP contribution in [0.2, 0.25) is 0 Å². The molecule has 0 saturated heterocycles. The monoisotopic (exact) mass is 248 g/mol. The van der Waals surface area contributed by atoms with E-state index in [1.807, 2.05) is 0 Å². The zero-order valence-electron chi connectivity index (χ0n) is 11.5. The molecule has 2 rings (SSSR count). The highest BCUT2D eigenvalue weighted by molar-refractivity contribution is 5.33. The zero-order valence-corrected chi connectivity index (χ0v) is 11.5. The van der Waals surface area contributed by atoms with Gasteiger partial charge in [-0.05, 0) is 29.8 Å². The molecule has 0 saturated carbocycles. The number of ether oxygens (including phenoxy) is 1. The van der Waals surface area contributed by atoms with E-state index in [-0.39, 0.29) is 0 Å². The molecule has 0 aromatic heterocycles. The van der Waals surface area contributed by atoms with Crippen LogP contribution in [0, 0.1) is 0 Å². The number of fused-ring (bicyclic) bond motifs is 1. The molecule has 0 amide bonds. The Bertz CT molecular complexity index is 375. The Balaban J connectivity index is 1.74. The molecule has 0 aliphatic carbocycles. The molecule has 0 unspecified atom stereocenters. The molecule has 1 heterocycles. The zero-order chi connectivity index (χ0) is 12.8. The molecule has 1 aromatic carbocycles. The van der Waals surface area contributed by atoms with Gasteiger partial charge < -0.3 is 15.0 Å². The van der Waals surface area contributed by atoms with Gasteiger partial charge in [-0.3, -0.25) is 0 Å². The number of likely N-dealkylation sites (N-methyl/N-ethyl adjacent to an activating group) is 1. The molecule has 18 heavy (non-hydrogen) atoms. The van der Waals surface area contributed by atoms with Gasteiger partial charge in [0, 0.05) is 19.6 Å². The average molecular weight is 248 g/mol. The lowest BCUT2D eigenvalue weighted by Gasteiger charge is -2.18. The van der Waals surface area contributed by atoms with Crippen LogP contribution in [-0.4, -0.2) is 31.1 Å². The van der Waals surface area contributed by atoms with E-state index < -0.39 is 0 Å². The van der Waals surface area contributed by atoms with E-state index in [0.29, 0.717) is 0 Å². The molecular formula is C15H24N2O. The number of rotatable bonds is 7. The van der Waals surface area contributed by atoms with Gasteiger partial charge in [-0.2, -0.15) is 0 Å². The van der Waals surface area contributed by atoms with Gasteiger partial charge in [0.1, 0.15) is 0 Å². The first-order valence-corrected chi connectivity index (χ1v) is 6.95. The second-order valence-electron chi connectivity index (χ2n) is 4.80. The molecule has 0 radical (unpaired) electrons. The summed E-state index contributed by atoms with van der Waals surface area (Å²) in [6.45, 7) is 11.4. The molecule has 100 valence electrons. The highest BCUT2D eigenvalue weighted by Gasteiger charge is 2.10.